The van der Waals surface area contributed by atoms with Gasteiger partial charge in [-0.15, -0.1) is 0 Å². The Hall–Kier alpha value is -1.27. The van der Waals surface area contributed by atoms with Crippen molar-refractivity contribution in [3.05, 3.63) is 18.2 Å². The van der Waals surface area contributed by atoms with Crippen LogP contribution in [0.4, 0.5) is 10.3 Å². The van der Waals surface area contributed by atoms with Gasteiger partial charge in [-0.1, -0.05) is 0 Å². The van der Waals surface area contributed by atoms with E-state index in [0.29, 0.717) is 24.1 Å². The van der Waals surface area contributed by atoms with E-state index in [1.54, 1.807) is 0 Å². The molecule has 3 aliphatic rings. The Labute approximate surface area is 117 Å². The molecule has 0 amide bonds. The fraction of sp³-hybridized carbons (Fsp3) is 0.714. The maximum atomic E-state index is 12.8. The monoisotopic (exact) mass is 278 g/mol. The van der Waals surface area contributed by atoms with Crippen molar-refractivity contribution in [2.45, 2.75) is 37.5 Å². The van der Waals surface area contributed by atoms with Gasteiger partial charge in [-0.25, -0.2) is 14.4 Å². The summed E-state index contributed by atoms with van der Waals surface area (Å²) in [5.74, 6) is 0.902. The van der Waals surface area contributed by atoms with Gasteiger partial charge in [0.1, 0.15) is 0 Å². The zero-order chi connectivity index (χ0) is 13.5. The van der Waals surface area contributed by atoms with Gasteiger partial charge in [0, 0.05) is 25.2 Å². The number of anilines is 1. The van der Waals surface area contributed by atoms with E-state index in [0.717, 1.165) is 32.0 Å². The first-order valence-corrected chi connectivity index (χ1v) is 7.37. The summed E-state index contributed by atoms with van der Waals surface area (Å²) >= 11 is 0. The molecule has 108 valence electrons. The van der Waals surface area contributed by atoms with E-state index >= 15 is 0 Å². The molecular formula is C14H19FN4O. The molecule has 1 N–H and O–H groups in total. The van der Waals surface area contributed by atoms with Crippen molar-refractivity contribution in [2.24, 2.45) is 5.92 Å². The van der Waals surface area contributed by atoms with Crippen molar-refractivity contribution in [1.82, 2.24) is 14.9 Å². The fourth-order valence-electron chi connectivity index (χ4n) is 3.33. The molecule has 1 aromatic heterocycles. The molecule has 4 rings (SSSR count). The minimum atomic E-state index is -0.403. The van der Waals surface area contributed by atoms with E-state index in [1.807, 2.05) is 0 Å². The number of aromatic nitrogens is 2. The largest absolute Gasteiger partial charge is 0.375 e. The Balaban J connectivity index is 1.36. The van der Waals surface area contributed by atoms with Gasteiger partial charge in [0.25, 0.3) is 0 Å². The highest BCUT2D eigenvalue weighted by atomic mass is 19.1. The summed E-state index contributed by atoms with van der Waals surface area (Å²) in [6.45, 7) is 2.89. The van der Waals surface area contributed by atoms with Gasteiger partial charge < -0.3 is 10.1 Å². The highest BCUT2D eigenvalue weighted by molar-refractivity contribution is 5.26. The number of ether oxygens (including phenoxy) is 1. The van der Waals surface area contributed by atoms with Crippen molar-refractivity contribution in [3.8, 4) is 0 Å². The molecule has 0 bridgehead atoms. The van der Waals surface area contributed by atoms with Gasteiger partial charge in [-0.2, -0.15) is 0 Å². The molecule has 3 fully saturated rings. The van der Waals surface area contributed by atoms with E-state index in [9.17, 15) is 4.39 Å². The molecular weight excluding hydrogens is 259 g/mol. The highest BCUT2D eigenvalue weighted by Gasteiger charge is 2.42. The number of halogens is 1. The summed E-state index contributed by atoms with van der Waals surface area (Å²) in [5, 5.41) is 3.30. The minimum absolute atomic E-state index is 0.326. The van der Waals surface area contributed by atoms with Gasteiger partial charge in [0.15, 0.2) is 5.82 Å². The van der Waals surface area contributed by atoms with Crippen molar-refractivity contribution >= 4 is 5.95 Å². The van der Waals surface area contributed by atoms with Crippen LogP contribution in [0.2, 0.25) is 0 Å². The van der Waals surface area contributed by atoms with Gasteiger partial charge in [0.2, 0.25) is 5.95 Å². The number of hydrogen-bond donors (Lipinski definition) is 1. The van der Waals surface area contributed by atoms with Crippen molar-refractivity contribution in [1.29, 1.82) is 0 Å². The number of nitrogens with zero attached hydrogens (tertiary/aromatic N) is 3. The van der Waals surface area contributed by atoms with Crippen LogP contribution in [0.3, 0.4) is 0 Å². The summed E-state index contributed by atoms with van der Waals surface area (Å²) in [5.41, 5.74) is 0. The van der Waals surface area contributed by atoms with E-state index in [-0.39, 0.29) is 0 Å². The molecule has 5 nitrogen and oxygen atoms in total. The Bertz CT molecular complexity index is 479. The van der Waals surface area contributed by atoms with E-state index in [1.165, 1.54) is 25.2 Å². The van der Waals surface area contributed by atoms with Crippen molar-refractivity contribution in [2.75, 3.05) is 25.0 Å². The molecule has 1 saturated carbocycles. The third-order valence-corrected chi connectivity index (χ3v) is 4.55. The van der Waals surface area contributed by atoms with Crippen LogP contribution >= 0.6 is 0 Å². The molecule has 1 aromatic rings. The number of nitrogens with one attached hydrogen (secondary N) is 1. The lowest BCUT2D eigenvalue weighted by molar-refractivity contribution is -0.0581. The second-order valence-corrected chi connectivity index (χ2v) is 6.12. The number of fused-ring (bicyclic) bond motifs is 1. The normalized spacial score (nSPS) is 34.0. The highest BCUT2D eigenvalue weighted by Crippen LogP contribution is 2.38. The van der Waals surface area contributed by atoms with Crippen molar-refractivity contribution in [3.63, 3.8) is 0 Å². The maximum absolute atomic E-state index is 12.8. The Morgan fingerprint density at radius 2 is 2.05 bits per heavy atom. The summed E-state index contributed by atoms with van der Waals surface area (Å²) in [6, 6.07) is 0.829. The molecule has 2 saturated heterocycles. The Morgan fingerprint density at radius 3 is 2.80 bits per heavy atom. The smallest absolute Gasteiger partial charge is 0.223 e. The van der Waals surface area contributed by atoms with Crippen LogP contribution in [-0.4, -0.2) is 52.8 Å². The van der Waals surface area contributed by atoms with Gasteiger partial charge in [0.05, 0.1) is 25.1 Å². The standard InChI is InChI=1S/C14H19FN4O/c15-10-4-16-14(17-5-10)18-11-3-12-8-20-13(9-1-2-9)7-19(12)6-11/h4-5,9,11-13H,1-3,6-8H2,(H,16,17,18)/t11-,12+,13+/m1/s1. The van der Waals surface area contributed by atoms with Gasteiger partial charge in [-0.05, 0) is 25.2 Å². The average molecular weight is 278 g/mol. The molecule has 2 aliphatic heterocycles. The van der Waals surface area contributed by atoms with E-state index in [4.69, 9.17) is 4.74 Å². The second kappa shape index (κ2) is 4.93. The summed E-state index contributed by atoms with van der Waals surface area (Å²) in [4.78, 5) is 10.5. The third kappa shape index (κ3) is 2.50. The SMILES string of the molecule is Fc1cnc(N[C@@H]2C[C@H]3CO[C@H](C4CC4)CN3C2)nc1. The molecule has 0 spiro atoms. The first kappa shape index (κ1) is 12.5. The average Bonchev–Trinajstić information content (AvgIpc) is 3.22. The van der Waals surface area contributed by atoms with Crippen LogP contribution in [0, 0.1) is 11.7 Å². The topological polar surface area (TPSA) is 50.3 Å². The lowest BCUT2D eigenvalue weighted by Gasteiger charge is -2.35. The van der Waals surface area contributed by atoms with Crippen LogP contribution in [0.5, 0.6) is 0 Å². The number of morpholine rings is 1. The summed E-state index contributed by atoms with van der Waals surface area (Å²) < 4.78 is 18.8. The molecule has 0 radical (unpaired) electrons. The van der Waals surface area contributed by atoms with Crippen molar-refractivity contribution < 1.29 is 9.13 Å². The molecule has 20 heavy (non-hydrogen) atoms. The zero-order valence-electron chi connectivity index (χ0n) is 11.3. The van der Waals surface area contributed by atoms with Gasteiger partial charge in [-0.3, -0.25) is 4.90 Å². The summed E-state index contributed by atoms with van der Waals surface area (Å²) in [6.07, 6.45) is 6.53. The maximum Gasteiger partial charge on any atom is 0.223 e. The molecule has 3 atom stereocenters. The third-order valence-electron chi connectivity index (χ3n) is 4.55. The zero-order valence-corrected chi connectivity index (χ0v) is 11.3. The predicted octanol–water partition coefficient (Wildman–Crippen LogP) is 1.28. The lowest BCUT2D eigenvalue weighted by Crippen LogP contribution is -2.47. The number of rotatable bonds is 3. The van der Waals surface area contributed by atoms with Crippen LogP contribution in [0.25, 0.3) is 0 Å². The van der Waals surface area contributed by atoms with Crippen LogP contribution in [0.1, 0.15) is 19.3 Å². The van der Waals surface area contributed by atoms with Gasteiger partial charge >= 0.3 is 0 Å². The van der Waals surface area contributed by atoms with E-state index in [2.05, 4.69) is 20.2 Å². The van der Waals surface area contributed by atoms with Crippen LogP contribution in [-0.2, 0) is 4.74 Å². The Morgan fingerprint density at radius 1 is 1.25 bits per heavy atom. The quantitative estimate of drug-likeness (QED) is 0.902. The predicted molar refractivity (Wildman–Crippen MR) is 71.8 cm³/mol. The van der Waals surface area contributed by atoms with E-state index < -0.39 is 5.82 Å². The van der Waals surface area contributed by atoms with Crippen LogP contribution < -0.4 is 5.32 Å². The number of hydrogen-bond acceptors (Lipinski definition) is 5. The first-order valence-electron chi connectivity index (χ1n) is 7.37. The molecule has 6 heteroatoms. The summed E-state index contributed by atoms with van der Waals surface area (Å²) in [7, 11) is 0. The lowest BCUT2D eigenvalue weighted by atomic mass is 10.1. The molecule has 0 aromatic carbocycles. The first-order chi connectivity index (χ1) is 9.78. The molecule has 3 heterocycles. The van der Waals surface area contributed by atoms with Crippen LogP contribution in [0.15, 0.2) is 12.4 Å². The molecule has 0 unspecified atom stereocenters. The molecule has 1 aliphatic carbocycles. The minimum Gasteiger partial charge on any atom is -0.375 e. The fourth-order valence-corrected chi connectivity index (χ4v) is 3.33. The Kier molecular flexibility index (Phi) is 3.07. The second-order valence-electron chi connectivity index (χ2n) is 6.12.